The Balaban J connectivity index is 2.24. The van der Waals surface area contributed by atoms with Crippen molar-refractivity contribution < 1.29 is 0 Å². The molecule has 0 aromatic rings. The van der Waals surface area contributed by atoms with E-state index in [-0.39, 0.29) is 0 Å². The van der Waals surface area contributed by atoms with Crippen molar-refractivity contribution in [3.8, 4) is 0 Å². The summed E-state index contributed by atoms with van der Waals surface area (Å²) >= 11 is 0. The first-order valence-electron chi connectivity index (χ1n) is 4.84. The molecule has 2 rings (SSSR count). The van der Waals surface area contributed by atoms with Crippen molar-refractivity contribution in [3.63, 3.8) is 0 Å². The second-order valence-electron chi connectivity index (χ2n) is 4.02. The Hall–Kier alpha value is -0.560. The van der Waals surface area contributed by atoms with Crippen LogP contribution in [0, 0.1) is 0 Å². The van der Waals surface area contributed by atoms with Crippen LogP contribution in [0.15, 0.2) is 23.3 Å². The zero-order valence-electron chi connectivity index (χ0n) is 8.01. The molecular weight excluding hydrogens is 146 g/mol. The van der Waals surface area contributed by atoms with Gasteiger partial charge in [0.05, 0.1) is 0 Å². The third-order valence-electron chi connectivity index (χ3n) is 3.01. The number of hydrogen-bond donors (Lipinski definition) is 0. The Morgan fingerprint density at radius 3 is 2.92 bits per heavy atom. The highest BCUT2D eigenvalue weighted by atomic mass is 15.1. The first-order valence-corrected chi connectivity index (χ1v) is 4.84. The fraction of sp³-hybridized carbons (Fsp3) is 0.636. The van der Waals surface area contributed by atoms with Gasteiger partial charge in [0.2, 0.25) is 0 Å². The third-order valence-corrected chi connectivity index (χ3v) is 3.01. The average Bonchev–Trinajstić information content (AvgIpc) is 2.49. The van der Waals surface area contributed by atoms with E-state index in [2.05, 4.69) is 31.1 Å². The van der Waals surface area contributed by atoms with Crippen LogP contribution in [0.5, 0.6) is 0 Å². The SMILES string of the molecule is CN(C)C1CC=CC2=C1CCC2. The van der Waals surface area contributed by atoms with Gasteiger partial charge in [-0.05, 0) is 50.9 Å². The van der Waals surface area contributed by atoms with Crippen LogP contribution in [0.4, 0.5) is 0 Å². The molecular formula is C11H17N. The molecule has 0 amide bonds. The normalized spacial score (nSPS) is 28.4. The van der Waals surface area contributed by atoms with Crippen molar-refractivity contribution in [1.82, 2.24) is 4.90 Å². The van der Waals surface area contributed by atoms with Crippen LogP contribution >= 0.6 is 0 Å². The smallest absolute Gasteiger partial charge is 0.0341 e. The zero-order valence-corrected chi connectivity index (χ0v) is 8.01. The monoisotopic (exact) mass is 163 g/mol. The van der Waals surface area contributed by atoms with Gasteiger partial charge in [-0.1, -0.05) is 12.2 Å². The highest BCUT2D eigenvalue weighted by molar-refractivity contribution is 5.36. The van der Waals surface area contributed by atoms with Crippen molar-refractivity contribution >= 4 is 0 Å². The molecule has 0 aromatic carbocycles. The largest absolute Gasteiger partial charge is 0.302 e. The summed E-state index contributed by atoms with van der Waals surface area (Å²) in [4.78, 5) is 2.35. The van der Waals surface area contributed by atoms with Crippen LogP contribution in [-0.2, 0) is 0 Å². The zero-order chi connectivity index (χ0) is 8.55. The molecule has 0 saturated heterocycles. The maximum absolute atomic E-state index is 2.35. The number of allylic oxidation sites excluding steroid dienone is 2. The minimum Gasteiger partial charge on any atom is -0.302 e. The Kier molecular flexibility index (Phi) is 2.05. The summed E-state index contributed by atoms with van der Waals surface area (Å²) < 4.78 is 0. The molecule has 1 atom stereocenters. The van der Waals surface area contributed by atoms with Crippen LogP contribution in [0.2, 0.25) is 0 Å². The van der Waals surface area contributed by atoms with Gasteiger partial charge in [0.1, 0.15) is 0 Å². The highest BCUT2D eigenvalue weighted by Crippen LogP contribution is 2.34. The van der Waals surface area contributed by atoms with E-state index < -0.39 is 0 Å². The lowest BCUT2D eigenvalue weighted by molar-refractivity contribution is 0.325. The summed E-state index contributed by atoms with van der Waals surface area (Å²) in [6, 6.07) is 0.701. The van der Waals surface area contributed by atoms with Gasteiger partial charge in [-0.25, -0.2) is 0 Å². The van der Waals surface area contributed by atoms with E-state index in [1.54, 1.807) is 11.1 Å². The van der Waals surface area contributed by atoms with Crippen LogP contribution in [0.25, 0.3) is 0 Å². The molecule has 1 unspecified atom stereocenters. The maximum atomic E-state index is 2.35. The molecule has 0 heterocycles. The predicted octanol–water partition coefficient (Wildman–Crippen LogP) is 2.36. The Morgan fingerprint density at radius 2 is 2.17 bits per heavy atom. The fourth-order valence-corrected chi connectivity index (χ4v) is 2.37. The lowest BCUT2D eigenvalue weighted by Crippen LogP contribution is -2.30. The topological polar surface area (TPSA) is 3.24 Å². The van der Waals surface area contributed by atoms with Gasteiger partial charge in [-0.2, -0.15) is 0 Å². The molecule has 12 heavy (non-hydrogen) atoms. The average molecular weight is 163 g/mol. The van der Waals surface area contributed by atoms with Crippen molar-refractivity contribution in [2.45, 2.75) is 31.7 Å². The number of rotatable bonds is 1. The summed E-state index contributed by atoms with van der Waals surface area (Å²) in [7, 11) is 4.37. The fourth-order valence-electron chi connectivity index (χ4n) is 2.37. The Bertz CT molecular complexity index is 235. The molecule has 2 aliphatic carbocycles. The van der Waals surface area contributed by atoms with Gasteiger partial charge in [0.25, 0.3) is 0 Å². The molecule has 66 valence electrons. The third kappa shape index (κ3) is 1.22. The van der Waals surface area contributed by atoms with Gasteiger partial charge < -0.3 is 4.90 Å². The van der Waals surface area contributed by atoms with E-state index in [4.69, 9.17) is 0 Å². The van der Waals surface area contributed by atoms with Gasteiger partial charge in [-0.15, -0.1) is 0 Å². The Morgan fingerprint density at radius 1 is 1.33 bits per heavy atom. The van der Waals surface area contributed by atoms with Crippen LogP contribution in [-0.4, -0.2) is 25.0 Å². The van der Waals surface area contributed by atoms with Crippen LogP contribution < -0.4 is 0 Å². The second kappa shape index (κ2) is 3.06. The summed E-state index contributed by atoms with van der Waals surface area (Å²) in [5.41, 5.74) is 3.34. The molecule has 2 aliphatic rings. The summed E-state index contributed by atoms with van der Waals surface area (Å²) in [6.07, 6.45) is 9.90. The first kappa shape index (κ1) is 8.06. The van der Waals surface area contributed by atoms with Crippen molar-refractivity contribution in [1.29, 1.82) is 0 Å². The summed E-state index contributed by atoms with van der Waals surface area (Å²) in [5.74, 6) is 0. The van der Waals surface area contributed by atoms with Crippen molar-refractivity contribution in [3.05, 3.63) is 23.3 Å². The minimum absolute atomic E-state index is 0.701. The number of nitrogens with zero attached hydrogens (tertiary/aromatic N) is 1. The standard InChI is InChI=1S/C11H17N/c1-12(2)11-8-4-6-9-5-3-7-10(9)11/h4,6,11H,3,5,7-8H2,1-2H3. The molecule has 0 radical (unpaired) electrons. The van der Waals surface area contributed by atoms with Gasteiger partial charge in [-0.3, -0.25) is 0 Å². The quantitative estimate of drug-likeness (QED) is 0.573. The van der Waals surface area contributed by atoms with E-state index >= 15 is 0 Å². The second-order valence-corrected chi connectivity index (χ2v) is 4.02. The van der Waals surface area contributed by atoms with E-state index in [0.29, 0.717) is 6.04 Å². The van der Waals surface area contributed by atoms with E-state index in [1.807, 2.05) is 0 Å². The molecule has 0 aliphatic heterocycles. The number of likely N-dealkylation sites (N-methyl/N-ethyl adjacent to an activating group) is 1. The molecule has 0 fully saturated rings. The molecule has 0 N–H and O–H groups in total. The maximum Gasteiger partial charge on any atom is 0.0341 e. The van der Waals surface area contributed by atoms with Crippen LogP contribution in [0.3, 0.4) is 0 Å². The summed E-state index contributed by atoms with van der Waals surface area (Å²) in [5, 5.41) is 0. The van der Waals surface area contributed by atoms with Gasteiger partial charge >= 0.3 is 0 Å². The molecule has 0 bridgehead atoms. The van der Waals surface area contributed by atoms with Gasteiger partial charge in [0, 0.05) is 6.04 Å². The van der Waals surface area contributed by atoms with Crippen molar-refractivity contribution in [2.24, 2.45) is 0 Å². The van der Waals surface area contributed by atoms with Gasteiger partial charge in [0.15, 0.2) is 0 Å². The summed E-state index contributed by atoms with van der Waals surface area (Å²) in [6.45, 7) is 0. The lowest BCUT2D eigenvalue weighted by atomic mass is 9.94. The molecule has 1 nitrogen and oxygen atoms in total. The highest BCUT2D eigenvalue weighted by Gasteiger charge is 2.24. The molecule has 0 saturated carbocycles. The van der Waals surface area contributed by atoms with E-state index in [9.17, 15) is 0 Å². The predicted molar refractivity (Wildman–Crippen MR) is 52.1 cm³/mol. The van der Waals surface area contributed by atoms with E-state index in [1.165, 1.54) is 25.7 Å². The van der Waals surface area contributed by atoms with Crippen LogP contribution in [0.1, 0.15) is 25.7 Å². The molecule has 1 heteroatoms. The first-order chi connectivity index (χ1) is 5.79. The van der Waals surface area contributed by atoms with E-state index in [0.717, 1.165) is 0 Å². The Labute approximate surface area is 74.8 Å². The van der Waals surface area contributed by atoms with Crippen molar-refractivity contribution in [2.75, 3.05) is 14.1 Å². The minimum atomic E-state index is 0.701. The lowest BCUT2D eigenvalue weighted by Gasteiger charge is -2.27. The number of hydrogen-bond acceptors (Lipinski definition) is 1. The molecule has 0 aromatic heterocycles. The molecule has 0 spiro atoms.